The zero-order valence-corrected chi connectivity index (χ0v) is 6.67. The van der Waals surface area contributed by atoms with Gasteiger partial charge in [0, 0.05) is 19.0 Å². The van der Waals surface area contributed by atoms with Crippen LogP contribution in [0.15, 0.2) is 21.8 Å². The lowest BCUT2D eigenvalue weighted by atomic mass is 10.2. The topological polar surface area (TPSA) is 24.7 Å². The summed E-state index contributed by atoms with van der Waals surface area (Å²) in [4.78, 5) is 7.74. The van der Waals surface area contributed by atoms with E-state index in [0.717, 1.165) is 18.5 Å². The molecule has 0 saturated heterocycles. The summed E-state index contributed by atoms with van der Waals surface area (Å²) in [5.41, 5.74) is 1.12. The van der Waals surface area contributed by atoms with Gasteiger partial charge in [0.25, 0.3) is 0 Å². The summed E-state index contributed by atoms with van der Waals surface area (Å²) in [6.07, 6.45) is 4.54. The van der Waals surface area contributed by atoms with Crippen LogP contribution in [-0.2, 0) is 0 Å². The standard InChI is InChI=1S/C8H14N2/c1-4-8(6-9-3)7-10-5-2/h6-7H,3-5H2,1-2H3/b8-6-,10-7?. The summed E-state index contributed by atoms with van der Waals surface area (Å²) in [7, 11) is 0. The summed E-state index contributed by atoms with van der Waals surface area (Å²) in [6.45, 7) is 8.27. The van der Waals surface area contributed by atoms with Gasteiger partial charge in [-0.05, 0) is 25.6 Å². The Labute approximate surface area is 62.4 Å². The summed E-state index contributed by atoms with van der Waals surface area (Å²) >= 11 is 0. The van der Waals surface area contributed by atoms with Crippen LogP contribution in [0.4, 0.5) is 0 Å². The second-order valence-electron chi connectivity index (χ2n) is 1.87. The lowest BCUT2D eigenvalue weighted by molar-refractivity contribution is 1.11. The predicted molar refractivity (Wildman–Crippen MR) is 47.0 cm³/mol. The highest BCUT2D eigenvalue weighted by Crippen LogP contribution is 1.95. The number of nitrogens with zero attached hydrogens (tertiary/aromatic N) is 2. The first-order chi connectivity index (χ1) is 4.85. The summed E-state index contributed by atoms with van der Waals surface area (Å²) in [5.74, 6) is 0. The van der Waals surface area contributed by atoms with Crippen molar-refractivity contribution < 1.29 is 0 Å². The highest BCUT2D eigenvalue weighted by atomic mass is 14.7. The van der Waals surface area contributed by atoms with Crippen LogP contribution in [-0.4, -0.2) is 19.5 Å². The molecule has 0 bridgehead atoms. The molecule has 2 heteroatoms. The van der Waals surface area contributed by atoms with Crippen molar-refractivity contribution in [1.82, 2.24) is 0 Å². The minimum absolute atomic E-state index is 0.828. The van der Waals surface area contributed by atoms with Gasteiger partial charge >= 0.3 is 0 Å². The van der Waals surface area contributed by atoms with Gasteiger partial charge in [-0.2, -0.15) is 0 Å². The van der Waals surface area contributed by atoms with Crippen molar-refractivity contribution in [2.45, 2.75) is 20.3 Å². The van der Waals surface area contributed by atoms with E-state index in [-0.39, 0.29) is 0 Å². The molecule has 0 spiro atoms. The average Bonchev–Trinajstić information content (AvgIpc) is 1.98. The normalized spacial score (nSPS) is 12.4. The first-order valence-electron chi connectivity index (χ1n) is 3.49. The van der Waals surface area contributed by atoms with Gasteiger partial charge in [-0.3, -0.25) is 9.98 Å². The van der Waals surface area contributed by atoms with Crippen LogP contribution in [0.3, 0.4) is 0 Å². The Hall–Kier alpha value is -0.920. The Morgan fingerprint density at radius 1 is 1.50 bits per heavy atom. The third kappa shape index (κ3) is 4.01. The zero-order chi connectivity index (χ0) is 7.82. The zero-order valence-electron chi connectivity index (χ0n) is 6.67. The maximum Gasteiger partial charge on any atom is 0.0361 e. The van der Waals surface area contributed by atoms with Gasteiger partial charge in [-0.1, -0.05) is 6.92 Å². The summed E-state index contributed by atoms with van der Waals surface area (Å²) in [6, 6.07) is 0. The van der Waals surface area contributed by atoms with Crippen molar-refractivity contribution in [3.8, 4) is 0 Å². The number of rotatable bonds is 4. The number of hydrogen-bond acceptors (Lipinski definition) is 2. The van der Waals surface area contributed by atoms with E-state index < -0.39 is 0 Å². The van der Waals surface area contributed by atoms with Gasteiger partial charge in [-0.15, -0.1) is 0 Å². The molecule has 0 aliphatic carbocycles. The maximum absolute atomic E-state index is 4.08. The monoisotopic (exact) mass is 138 g/mol. The van der Waals surface area contributed by atoms with Crippen molar-refractivity contribution >= 4 is 12.9 Å². The van der Waals surface area contributed by atoms with Crippen LogP contribution in [0, 0.1) is 0 Å². The second-order valence-corrected chi connectivity index (χ2v) is 1.87. The molecule has 0 rings (SSSR count). The highest BCUT2D eigenvalue weighted by Gasteiger charge is 1.84. The second kappa shape index (κ2) is 6.20. The van der Waals surface area contributed by atoms with E-state index in [0.29, 0.717) is 0 Å². The van der Waals surface area contributed by atoms with E-state index in [1.54, 1.807) is 6.20 Å². The number of aliphatic imine (C=N–C) groups is 2. The smallest absolute Gasteiger partial charge is 0.0361 e. The van der Waals surface area contributed by atoms with Crippen LogP contribution in [0.1, 0.15) is 20.3 Å². The molecule has 2 nitrogen and oxygen atoms in total. The molecule has 0 unspecified atom stereocenters. The fourth-order valence-electron chi connectivity index (χ4n) is 0.542. The lowest BCUT2D eigenvalue weighted by Crippen LogP contribution is -1.82. The first-order valence-corrected chi connectivity index (χ1v) is 3.49. The van der Waals surface area contributed by atoms with Gasteiger partial charge in [0.05, 0.1) is 0 Å². The number of hydrogen-bond donors (Lipinski definition) is 0. The molecule has 0 aromatic rings. The van der Waals surface area contributed by atoms with Crippen LogP contribution in [0.5, 0.6) is 0 Å². The van der Waals surface area contributed by atoms with Crippen LogP contribution in [0.2, 0.25) is 0 Å². The minimum atomic E-state index is 0.828. The van der Waals surface area contributed by atoms with Gasteiger partial charge in [0.2, 0.25) is 0 Å². The van der Waals surface area contributed by atoms with Crippen LogP contribution in [0.25, 0.3) is 0 Å². The van der Waals surface area contributed by atoms with Crippen molar-refractivity contribution in [2.24, 2.45) is 9.98 Å². The average molecular weight is 138 g/mol. The van der Waals surface area contributed by atoms with E-state index in [9.17, 15) is 0 Å². The van der Waals surface area contributed by atoms with Crippen molar-refractivity contribution in [3.63, 3.8) is 0 Å². The van der Waals surface area contributed by atoms with Gasteiger partial charge in [-0.25, -0.2) is 0 Å². The fourth-order valence-corrected chi connectivity index (χ4v) is 0.542. The van der Waals surface area contributed by atoms with E-state index in [1.165, 1.54) is 0 Å². The molecule has 10 heavy (non-hydrogen) atoms. The first kappa shape index (κ1) is 9.08. The quantitative estimate of drug-likeness (QED) is 0.531. The Morgan fingerprint density at radius 3 is 2.60 bits per heavy atom. The molecular weight excluding hydrogens is 124 g/mol. The molecule has 0 radical (unpaired) electrons. The van der Waals surface area contributed by atoms with E-state index in [2.05, 4.69) is 23.6 Å². The Kier molecular flexibility index (Phi) is 5.63. The molecule has 0 fully saturated rings. The van der Waals surface area contributed by atoms with Crippen molar-refractivity contribution in [2.75, 3.05) is 6.54 Å². The third-order valence-electron chi connectivity index (χ3n) is 1.11. The van der Waals surface area contributed by atoms with E-state index >= 15 is 0 Å². The minimum Gasteiger partial charge on any atom is -0.293 e. The van der Waals surface area contributed by atoms with Crippen LogP contribution >= 0.6 is 0 Å². The van der Waals surface area contributed by atoms with Crippen molar-refractivity contribution in [3.05, 3.63) is 11.8 Å². The SMILES string of the molecule is C=N/C=C(\C=NCC)CC. The third-order valence-corrected chi connectivity index (χ3v) is 1.11. The molecule has 0 aromatic heterocycles. The molecule has 0 atom stereocenters. The fraction of sp³-hybridized carbons (Fsp3) is 0.500. The largest absolute Gasteiger partial charge is 0.293 e. The molecule has 0 saturated carbocycles. The number of allylic oxidation sites excluding steroid dienone is 1. The van der Waals surface area contributed by atoms with E-state index in [1.807, 2.05) is 13.1 Å². The Bertz CT molecular complexity index is 145. The summed E-state index contributed by atoms with van der Waals surface area (Å²) in [5, 5.41) is 0. The van der Waals surface area contributed by atoms with Gasteiger partial charge in [0.15, 0.2) is 0 Å². The van der Waals surface area contributed by atoms with Gasteiger partial charge < -0.3 is 0 Å². The molecule has 0 aromatic carbocycles. The molecule has 0 heterocycles. The lowest BCUT2D eigenvalue weighted by Gasteiger charge is -1.90. The Morgan fingerprint density at radius 2 is 2.20 bits per heavy atom. The summed E-state index contributed by atoms with van der Waals surface area (Å²) < 4.78 is 0. The molecule has 0 N–H and O–H groups in total. The predicted octanol–water partition coefficient (Wildman–Crippen LogP) is 2.07. The molecule has 0 amide bonds. The molecular formula is C8H14N2. The highest BCUT2D eigenvalue weighted by molar-refractivity contribution is 5.78. The van der Waals surface area contributed by atoms with Gasteiger partial charge in [0.1, 0.15) is 0 Å². The van der Waals surface area contributed by atoms with Crippen LogP contribution < -0.4 is 0 Å². The van der Waals surface area contributed by atoms with Crippen molar-refractivity contribution in [1.29, 1.82) is 0 Å². The Balaban J connectivity index is 3.94. The molecule has 0 aliphatic rings. The molecule has 56 valence electrons. The van der Waals surface area contributed by atoms with E-state index in [4.69, 9.17) is 0 Å². The molecule has 0 aliphatic heterocycles. The maximum atomic E-state index is 4.08.